The van der Waals surface area contributed by atoms with Gasteiger partial charge in [-0.1, -0.05) is 20.8 Å². The fourth-order valence-electron chi connectivity index (χ4n) is 3.70. The summed E-state index contributed by atoms with van der Waals surface area (Å²) >= 11 is 0. The molecule has 4 heteroatoms. The topological polar surface area (TPSA) is 35.6 Å². The molecule has 4 nitrogen and oxygen atoms in total. The minimum absolute atomic E-state index is 0.235. The van der Waals surface area contributed by atoms with Crippen molar-refractivity contribution >= 4 is 5.91 Å². The van der Waals surface area contributed by atoms with E-state index in [9.17, 15) is 4.79 Å². The fraction of sp³-hybridized carbons (Fsp3) is 0.938. The number of amides is 1. The van der Waals surface area contributed by atoms with Gasteiger partial charge in [-0.25, -0.2) is 0 Å². The third-order valence-corrected chi connectivity index (χ3v) is 5.33. The summed E-state index contributed by atoms with van der Waals surface area (Å²) in [6.07, 6.45) is 2.37. The molecule has 2 atom stereocenters. The number of rotatable bonds is 3. The van der Waals surface area contributed by atoms with E-state index in [0.29, 0.717) is 17.9 Å². The van der Waals surface area contributed by atoms with Crippen molar-refractivity contribution in [2.75, 3.05) is 39.3 Å². The van der Waals surface area contributed by atoms with Gasteiger partial charge >= 0.3 is 0 Å². The predicted octanol–water partition coefficient (Wildman–Crippen LogP) is 1.56. The molecule has 0 radical (unpaired) electrons. The largest absolute Gasteiger partial charge is 0.339 e. The van der Waals surface area contributed by atoms with Gasteiger partial charge in [-0.05, 0) is 45.3 Å². The Labute approximate surface area is 123 Å². The molecule has 0 bridgehead atoms. The van der Waals surface area contributed by atoms with Crippen molar-refractivity contribution in [1.29, 1.82) is 0 Å². The summed E-state index contributed by atoms with van der Waals surface area (Å²) in [5.41, 5.74) is -0.235. The lowest BCUT2D eigenvalue weighted by Crippen LogP contribution is -2.57. The number of carbonyl (C=O) groups excluding carboxylic acids is 1. The molecule has 2 fully saturated rings. The average Bonchev–Trinajstić information content (AvgIpc) is 2.47. The minimum atomic E-state index is -0.235. The van der Waals surface area contributed by atoms with Gasteiger partial charge in [0.15, 0.2) is 0 Å². The van der Waals surface area contributed by atoms with Crippen molar-refractivity contribution in [2.45, 2.75) is 46.6 Å². The van der Waals surface area contributed by atoms with Crippen molar-refractivity contribution in [2.24, 2.45) is 11.3 Å². The van der Waals surface area contributed by atoms with Crippen LogP contribution in [0.2, 0.25) is 0 Å². The van der Waals surface area contributed by atoms with Crippen LogP contribution in [0.15, 0.2) is 0 Å². The highest BCUT2D eigenvalue weighted by molar-refractivity contribution is 5.82. The van der Waals surface area contributed by atoms with Crippen LogP contribution >= 0.6 is 0 Å². The van der Waals surface area contributed by atoms with E-state index in [-0.39, 0.29) is 5.41 Å². The monoisotopic (exact) mass is 281 g/mol. The van der Waals surface area contributed by atoms with Crippen molar-refractivity contribution in [3.8, 4) is 0 Å². The van der Waals surface area contributed by atoms with Crippen LogP contribution in [0.1, 0.15) is 40.5 Å². The second-order valence-corrected chi connectivity index (χ2v) is 6.99. The van der Waals surface area contributed by atoms with Crippen LogP contribution in [0.25, 0.3) is 0 Å². The first kappa shape index (κ1) is 15.8. The molecule has 20 heavy (non-hydrogen) atoms. The lowest BCUT2D eigenvalue weighted by molar-refractivity contribution is -0.146. The molecule has 0 saturated carbocycles. The van der Waals surface area contributed by atoms with E-state index in [1.807, 2.05) is 0 Å². The molecule has 0 aromatic rings. The third-order valence-electron chi connectivity index (χ3n) is 5.33. The highest BCUT2D eigenvalue weighted by atomic mass is 16.2. The first-order valence-corrected chi connectivity index (χ1v) is 8.21. The first-order chi connectivity index (χ1) is 9.46. The minimum Gasteiger partial charge on any atom is -0.339 e. The number of carbonyl (C=O) groups is 1. The third kappa shape index (κ3) is 3.17. The second kappa shape index (κ2) is 6.44. The molecule has 0 spiro atoms. The number of hydrogen-bond acceptors (Lipinski definition) is 3. The molecule has 0 aromatic carbocycles. The van der Waals surface area contributed by atoms with E-state index >= 15 is 0 Å². The Morgan fingerprint density at radius 3 is 2.65 bits per heavy atom. The van der Waals surface area contributed by atoms with Gasteiger partial charge in [-0.15, -0.1) is 0 Å². The van der Waals surface area contributed by atoms with Gasteiger partial charge < -0.3 is 10.2 Å². The fourth-order valence-corrected chi connectivity index (χ4v) is 3.70. The Hall–Kier alpha value is -0.610. The van der Waals surface area contributed by atoms with Crippen LogP contribution in [-0.2, 0) is 4.79 Å². The molecule has 0 aliphatic carbocycles. The molecule has 2 rings (SSSR count). The standard InChI is InChI=1S/C16H31N3O/c1-5-18-9-10-19(12-13(18)2)15(20)16(3,4)14-7-6-8-17-11-14/h13-14,17H,5-12H2,1-4H3. The first-order valence-electron chi connectivity index (χ1n) is 8.21. The molecule has 1 N–H and O–H groups in total. The lowest BCUT2D eigenvalue weighted by atomic mass is 9.74. The van der Waals surface area contributed by atoms with Gasteiger partial charge in [0.25, 0.3) is 0 Å². The van der Waals surface area contributed by atoms with Crippen LogP contribution in [0.4, 0.5) is 0 Å². The molecule has 1 amide bonds. The molecule has 116 valence electrons. The summed E-state index contributed by atoms with van der Waals surface area (Å²) in [7, 11) is 0. The highest BCUT2D eigenvalue weighted by Crippen LogP contribution is 2.34. The van der Waals surface area contributed by atoms with Crippen LogP contribution in [0, 0.1) is 11.3 Å². The Morgan fingerprint density at radius 1 is 1.35 bits per heavy atom. The van der Waals surface area contributed by atoms with E-state index < -0.39 is 0 Å². The maximum absolute atomic E-state index is 12.9. The van der Waals surface area contributed by atoms with Crippen molar-refractivity contribution in [3.63, 3.8) is 0 Å². The number of nitrogens with zero attached hydrogens (tertiary/aromatic N) is 2. The second-order valence-electron chi connectivity index (χ2n) is 6.99. The summed E-state index contributed by atoms with van der Waals surface area (Å²) in [5.74, 6) is 0.831. The highest BCUT2D eigenvalue weighted by Gasteiger charge is 2.41. The van der Waals surface area contributed by atoms with Gasteiger partial charge in [-0.3, -0.25) is 9.69 Å². The quantitative estimate of drug-likeness (QED) is 0.853. The normalized spacial score (nSPS) is 29.5. The SMILES string of the molecule is CCN1CCN(C(=O)C(C)(C)C2CCCNC2)CC1C. The van der Waals surface area contributed by atoms with Gasteiger partial charge in [0.05, 0.1) is 0 Å². The Balaban J connectivity index is 1.99. The van der Waals surface area contributed by atoms with Crippen molar-refractivity contribution in [1.82, 2.24) is 15.1 Å². The van der Waals surface area contributed by atoms with Gasteiger partial charge in [0.2, 0.25) is 5.91 Å². The summed E-state index contributed by atoms with van der Waals surface area (Å²) in [5, 5.41) is 3.44. The van der Waals surface area contributed by atoms with Gasteiger partial charge in [0.1, 0.15) is 0 Å². The molecule has 2 aliphatic heterocycles. The van der Waals surface area contributed by atoms with E-state index in [1.165, 1.54) is 12.8 Å². The number of likely N-dealkylation sites (N-methyl/N-ethyl adjacent to an activating group) is 1. The smallest absolute Gasteiger partial charge is 0.228 e. The molecule has 2 saturated heterocycles. The van der Waals surface area contributed by atoms with Crippen LogP contribution < -0.4 is 5.32 Å². The maximum Gasteiger partial charge on any atom is 0.228 e. The zero-order chi connectivity index (χ0) is 14.8. The number of piperidine rings is 1. The Bertz CT molecular complexity index is 337. The molecule has 2 aliphatic rings. The van der Waals surface area contributed by atoms with Crippen LogP contribution in [-0.4, -0.2) is 61.0 Å². The summed E-state index contributed by atoms with van der Waals surface area (Å²) in [4.78, 5) is 17.5. The maximum atomic E-state index is 12.9. The summed E-state index contributed by atoms with van der Waals surface area (Å²) in [6.45, 7) is 14.7. The number of hydrogen-bond donors (Lipinski definition) is 1. The molecular formula is C16H31N3O. The number of nitrogens with one attached hydrogen (secondary N) is 1. The van der Waals surface area contributed by atoms with Crippen LogP contribution in [0.3, 0.4) is 0 Å². The zero-order valence-electron chi connectivity index (χ0n) is 13.6. The molecule has 0 aromatic heterocycles. The van der Waals surface area contributed by atoms with Gasteiger partial charge in [0, 0.05) is 31.1 Å². The van der Waals surface area contributed by atoms with Crippen LogP contribution in [0.5, 0.6) is 0 Å². The van der Waals surface area contributed by atoms with E-state index in [1.54, 1.807) is 0 Å². The Morgan fingerprint density at radius 2 is 2.10 bits per heavy atom. The van der Waals surface area contributed by atoms with E-state index in [4.69, 9.17) is 0 Å². The summed E-state index contributed by atoms with van der Waals surface area (Å²) in [6, 6.07) is 0.484. The average molecular weight is 281 g/mol. The molecule has 2 heterocycles. The van der Waals surface area contributed by atoms with Crippen molar-refractivity contribution < 1.29 is 4.79 Å². The van der Waals surface area contributed by atoms with E-state index in [0.717, 1.165) is 39.3 Å². The number of piperazine rings is 1. The predicted molar refractivity (Wildman–Crippen MR) is 82.7 cm³/mol. The van der Waals surface area contributed by atoms with E-state index in [2.05, 4.69) is 42.8 Å². The Kier molecular flexibility index (Phi) is 5.08. The molecular weight excluding hydrogens is 250 g/mol. The summed E-state index contributed by atoms with van der Waals surface area (Å²) < 4.78 is 0. The lowest BCUT2D eigenvalue weighted by Gasteiger charge is -2.44. The van der Waals surface area contributed by atoms with Gasteiger partial charge in [-0.2, -0.15) is 0 Å². The molecule has 2 unspecified atom stereocenters. The zero-order valence-corrected chi connectivity index (χ0v) is 13.6. The van der Waals surface area contributed by atoms with Crippen molar-refractivity contribution in [3.05, 3.63) is 0 Å².